The number of benzene rings is 2. The molecule has 0 spiro atoms. The van der Waals surface area contributed by atoms with Crippen molar-refractivity contribution in [3.8, 4) is 0 Å². The highest BCUT2D eigenvalue weighted by molar-refractivity contribution is 6.05. The summed E-state index contributed by atoms with van der Waals surface area (Å²) in [6.45, 7) is -0.0640. The fourth-order valence-electron chi connectivity index (χ4n) is 3.38. The summed E-state index contributed by atoms with van der Waals surface area (Å²) in [4.78, 5) is 39.0. The summed E-state index contributed by atoms with van der Waals surface area (Å²) in [5.74, 6) is -0.973. The lowest BCUT2D eigenvalue weighted by Crippen LogP contribution is -2.42. The van der Waals surface area contributed by atoms with Crippen LogP contribution in [0.25, 0.3) is 0 Å². The SMILES string of the molecule is O=C(CNC(=O)C1c2ccccc2C(=O)N1C1CC1)OCc1ccccc1. The molecule has 1 N–H and O–H groups in total. The monoisotopic (exact) mass is 364 g/mol. The summed E-state index contributed by atoms with van der Waals surface area (Å²) in [6, 6.07) is 15.9. The molecule has 138 valence electrons. The van der Waals surface area contributed by atoms with E-state index in [1.54, 1.807) is 23.1 Å². The van der Waals surface area contributed by atoms with Gasteiger partial charge in [-0.2, -0.15) is 0 Å². The van der Waals surface area contributed by atoms with Gasteiger partial charge in [0.2, 0.25) is 5.91 Å². The molecular formula is C21H20N2O4. The molecule has 1 atom stereocenters. The number of nitrogens with one attached hydrogen (secondary N) is 1. The van der Waals surface area contributed by atoms with Crippen LogP contribution < -0.4 is 5.32 Å². The highest BCUT2D eigenvalue weighted by Crippen LogP contribution is 2.41. The van der Waals surface area contributed by atoms with Crippen LogP contribution in [0, 0.1) is 0 Å². The topological polar surface area (TPSA) is 75.7 Å². The van der Waals surface area contributed by atoms with Crippen molar-refractivity contribution in [1.29, 1.82) is 0 Å². The summed E-state index contributed by atoms with van der Waals surface area (Å²) >= 11 is 0. The van der Waals surface area contributed by atoms with Crippen LogP contribution in [0.1, 0.15) is 40.4 Å². The first-order valence-electron chi connectivity index (χ1n) is 9.04. The Bertz CT molecular complexity index is 877. The molecule has 1 heterocycles. The zero-order valence-corrected chi connectivity index (χ0v) is 14.8. The van der Waals surface area contributed by atoms with Crippen LogP contribution in [0.4, 0.5) is 0 Å². The van der Waals surface area contributed by atoms with Crippen LogP contribution in [-0.2, 0) is 20.9 Å². The lowest BCUT2D eigenvalue weighted by Gasteiger charge is -2.24. The maximum absolute atomic E-state index is 12.8. The molecule has 1 aliphatic carbocycles. The second-order valence-corrected chi connectivity index (χ2v) is 6.80. The summed E-state index contributed by atoms with van der Waals surface area (Å²) in [6.07, 6.45) is 1.81. The van der Waals surface area contributed by atoms with Gasteiger partial charge in [0, 0.05) is 11.6 Å². The Morgan fingerprint density at radius 1 is 1.04 bits per heavy atom. The van der Waals surface area contributed by atoms with Gasteiger partial charge in [-0.25, -0.2) is 0 Å². The Morgan fingerprint density at radius 3 is 2.48 bits per heavy atom. The number of carbonyl (C=O) groups is 3. The molecule has 6 heteroatoms. The van der Waals surface area contributed by atoms with Crippen LogP contribution >= 0.6 is 0 Å². The third-order valence-electron chi connectivity index (χ3n) is 4.84. The van der Waals surface area contributed by atoms with Crippen LogP contribution in [0.5, 0.6) is 0 Å². The predicted octanol–water partition coefficient (Wildman–Crippen LogP) is 2.21. The van der Waals surface area contributed by atoms with Crippen LogP contribution in [0.3, 0.4) is 0 Å². The van der Waals surface area contributed by atoms with Crippen molar-refractivity contribution in [3.05, 3.63) is 71.3 Å². The van der Waals surface area contributed by atoms with Crippen molar-refractivity contribution in [1.82, 2.24) is 10.2 Å². The lowest BCUT2D eigenvalue weighted by molar-refractivity contribution is -0.145. The molecule has 1 aliphatic heterocycles. The van der Waals surface area contributed by atoms with E-state index in [4.69, 9.17) is 4.74 Å². The predicted molar refractivity (Wildman–Crippen MR) is 97.6 cm³/mol. The van der Waals surface area contributed by atoms with Gasteiger partial charge >= 0.3 is 5.97 Å². The Balaban J connectivity index is 1.38. The summed E-state index contributed by atoms with van der Waals surface area (Å²) in [7, 11) is 0. The van der Waals surface area contributed by atoms with Crippen molar-refractivity contribution < 1.29 is 19.1 Å². The number of amides is 2. The molecule has 1 unspecified atom stereocenters. The number of fused-ring (bicyclic) bond motifs is 1. The van der Waals surface area contributed by atoms with E-state index in [0.717, 1.165) is 18.4 Å². The molecule has 0 saturated heterocycles. The number of carbonyl (C=O) groups excluding carboxylic acids is 3. The van der Waals surface area contributed by atoms with E-state index in [0.29, 0.717) is 11.1 Å². The lowest BCUT2D eigenvalue weighted by atomic mass is 10.0. The number of ether oxygens (including phenoxy) is 1. The van der Waals surface area contributed by atoms with E-state index in [1.165, 1.54) is 0 Å². The molecular weight excluding hydrogens is 344 g/mol. The van der Waals surface area contributed by atoms with Gasteiger partial charge in [-0.3, -0.25) is 14.4 Å². The first-order valence-corrected chi connectivity index (χ1v) is 9.04. The molecule has 2 aromatic carbocycles. The van der Waals surface area contributed by atoms with Gasteiger partial charge in [0.05, 0.1) is 0 Å². The average molecular weight is 364 g/mol. The quantitative estimate of drug-likeness (QED) is 0.798. The number of esters is 1. The van der Waals surface area contributed by atoms with Crippen molar-refractivity contribution in [2.45, 2.75) is 31.5 Å². The standard InChI is InChI=1S/C21H20N2O4/c24-18(27-13-14-6-2-1-3-7-14)12-22-20(25)19-16-8-4-5-9-17(16)21(26)23(19)15-10-11-15/h1-9,15,19H,10-13H2,(H,22,25). The molecule has 0 radical (unpaired) electrons. The summed E-state index contributed by atoms with van der Waals surface area (Å²) < 4.78 is 5.18. The number of hydrogen-bond donors (Lipinski definition) is 1. The van der Waals surface area contributed by atoms with E-state index < -0.39 is 12.0 Å². The minimum atomic E-state index is -0.678. The van der Waals surface area contributed by atoms with Gasteiger partial charge in [0.25, 0.3) is 5.91 Å². The van der Waals surface area contributed by atoms with Gasteiger partial charge in [-0.15, -0.1) is 0 Å². The largest absolute Gasteiger partial charge is 0.460 e. The van der Waals surface area contributed by atoms with Crippen LogP contribution in [0.15, 0.2) is 54.6 Å². The highest BCUT2D eigenvalue weighted by Gasteiger charge is 2.47. The minimum absolute atomic E-state index is 0.102. The molecule has 2 amide bonds. The molecule has 0 aromatic heterocycles. The van der Waals surface area contributed by atoms with E-state index in [9.17, 15) is 14.4 Å². The van der Waals surface area contributed by atoms with Crippen molar-refractivity contribution in [2.24, 2.45) is 0 Å². The number of nitrogens with zero attached hydrogens (tertiary/aromatic N) is 1. The zero-order chi connectivity index (χ0) is 18.8. The van der Waals surface area contributed by atoms with Crippen molar-refractivity contribution in [2.75, 3.05) is 6.54 Å². The van der Waals surface area contributed by atoms with Crippen molar-refractivity contribution in [3.63, 3.8) is 0 Å². The first-order chi connectivity index (χ1) is 13.1. The van der Waals surface area contributed by atoms with Gasteiger partial charge in [0.1, 0.15) is 19.2 Å². The fourth-order valence-corrected chi connectivity index (χ4v) is 3.38. The number of rotatable bonds is 6. The molecule has 6 nitrogen and oxygen atoms in total. The third-order valence-corrected chi connectivity index (χ3v) is 4.84. The second kappa shape index (κ2) is 7.23. The second-order valence-electron chi connectivity index (χ2n) is 6.80. The van der Waals surface area contributed by atoms with E-state index in [1.807, 2.05) is 36.4 Å². The maximum Gasteiger partial charge on any atom is 0.325 e. The molecule has 2 aromatic rings. The summed E-state index contributed by atoms with van der Waals surface area (Å²) in [5.41, 5.74) is 2.15. The molecule has 27 heavy (non-hydrogen) atoms. The minimum Gasteiger partial charge on any atom is -0.460 e. The molecule has 0 bridgehead atoms. The molecule has 4 rings (SSSR count). The molecule has 1 fully saturated rings. The third kappa shape index (κ3) is 3.56. The van der Waals surface area contributed by atoms with Crippen molar-refractivity contribution >= 4 is 17.8 Å². The Morgan fingerprint density at radius 2 is 1.74 bits per heavy atom. The number of hydrogen-bond acceptors (Lipinski definition) is 4. The van der Waals surface area contributed by atoms with E-state index in [-0.39, 0.29) is 31.0 Å². The Hall–Kier alpha value is -3.15. The Labute approximate surface area is 157 Å². The first kappa shape index (κ1) is 17.3. The van der Waals surface area contributed by atoms with Crippen LogP contribution in [-0.4, -0.2) is 35.3 Å². The highest BCUT2D eigenvalue weighted by atomic mass is 16.5. The zero-order valence-electron chi connectivity index (χ0n) is 14.8. The average Bonchev–Trinajstić information content (AvgIpc) is 3.49. The van der Waals surface area contributed by atoms with Gasteiger partial charge in [-0.1, -0.05) is 48.5 Å². The van der Waals surface area contributed by atoms with Gasteiger partial charge < -0.3 is 15.0 Å². The summed E-state index contributed by atoms with van der Waals surface area (Å²) in [5, 5.41) is 2.63. The molecule has 2 aliphatic rings. The van der Waals surface area contributed by atoms with Gasteiger partial charge in [-0.05, 0) is 30.0 Å². The normalized spacial score (nSPS) is 18.1. The fraction of sp³-hybridized carbons (Fsp3) is 0.286. The smallest absolute Gasteiger partial charge is 0.325 e. The molecule has 1 saturated carbocycles. The Kier molecular flexibility index (Phi) is 4.62. The maximum atomic E-state index is 12.8. The van der Waals surface area contributed by atoms with E-state index in [2.05, 4.69) is 5.32 Å². The van der Waals surface area contributed by atoms with E-state index >= 15 is 0 Å². The van der Waals surface area contributed by atoms with Crippen LogP contribution in [0.2, 0.25) is 0 Å². The van der Waals surface area contributed by atoms with Gasteiger partial charge in [0.15, 0.2) is 0 Å².